The fraction of sp³-hybridized carbons (Fsp3) is 0.536. The molecular formula is C28H39FN4O4. The summed E-state index contributed by atoms with van der Waals surface area (Å²) in [5.41, 5.74) is 2.42. The predicted molar refractivity (Wildman–Crippen MR) is 140 cm³/mol. The molecule has 0 bridgehead atoms. The van der Waals surface area contributed by atoms with Gasteiger partial charge in [0.25, 0.3) is 6.47 Å². The number of carbonyl (C=O) groups is 1. The molecule has 0 atom stereocenters. The van der Waals surface area contributed by atoms with Crippen molar-refractivity contribution in [3.8, 4) is 6.07 Å². The summed E-state index contributed by atoms with van der Waals surface area (Å²) >= 11 is 0. The molecule has 1 fully saturated rings. The van der Waals surface area contributed by atoms with Crippen LogP contribution < -0.4 is 4.90 Å². The molecule has 8 nitrogen and oxygen atoms in total. The van der Waals surface area contributed by atoms with E-state index in [-0.39, 0.29) is 17.7 Å². The van der Waals surface area contributed by atoms with Gasteiger partial charge in [0.1, 0.15) is 23.2 Å². The number of aryl methyl sites for hydroxylation is 1. The number of aromatic nitrogens is 1. The number of nitrogens with zero attached hydrogens (tertiary/aromatic N) is 4. The van der Waals surface area contributed by atoms with E-state index in [4.69, 9.17) is 14.7 Å². The minimum atomic E-state index is -0.318. The molecule has 0 amide bonds. The predicted octanol–water partition coefficient (Wildman–Crippen LogP) is 4.31. The van der Waals surface area contributed by atoms with Gasteiger partial charge in [-0.2, -0.15) is 5.26 Å². The topological polar surface area (TPSA) is 87.9 Å². The van der Waals surface area contributed by atoms with Crippen molar-refractivity contribution >= 4 is 12.2 Å². The van der Waals surface area contributed by atoms with Gasteiger partial charge in [-0.1, -0.05) is 12.1 Å². The van der Waals surface area contributed by atoms with Gasteiger partial charge < -0.3 is 24.0 Å². The van der Waals surface area contributed by atoms with E-state index in [1.165, 1.54) is 0 Å². The van der Waals surface area contributed by atoms with Crippen LogP contribution in [0, 0.1) is 30.0 Å². The van der Waals surface area contributed by atoms with Crippen LogP contribution in [0.3, 0.4) is 0 Å². The maximum absolute atomic E-state index is 14.0. The summed E-state index contributed by atoms with van der Waals surface area (Å²) in [6.45, 7) is 11.2. The smallest absolute Gasteiger partial charge is 0.293 e. The number of carbonyl (C=O) groups excluding carboxylic acids is 1. The summed E-state index contributed by atoms with van der Waals surface area (Å²) in [4.78, 5) is 18.0. The molecule has 2 aromatic rings. The van der Waals surface area contributed by atoms with Gasteiger partial charge in [-0.3, -0.25) is 4.79 Å². The maximum atomic E-state index is 14.0. The van der Waals surface area contributed by atoms with Gasteiger partial charge in [-0.25, -0.2) is 9.37 Å². The first-order chi connectivity index (χ1) is 17.5. The Balaban J connectivity index is 0.000000604. The average Bonchev–Trinajstić information content (AvgIpc) is 2.84. The highest BCUT2D eigenvalue weighted by atomic mass is 19.1. The number of anilines is 1. The lowest BCUT2D eigenvalue weighted by Gasteiger charge is -2.32. The number of pyridine rings is 1. The van der Waals surface area contributed by atoms with Crippen molar-refractivity contribution < 1.29 is 23.4 Å². The summed E-state index contributed by atoms with van der Waals surface area (Å²) in [6, 6.07) is 10.9. The van der Waals surface area contributed by atoms with Crippen molar-refractivity contribution in [1.29, 1.82) is 5.26 Å². The largest absolute Gasteiger partial charge is 0.462 e. The highest BCUT2D eigenvalue weighted by Crippen LogP contribution is 2.21. The van der Waals surface area contributed by atoms with Gasteiger partial charge in [0.15, 0.2) is 6.29 Å². The monoisotopic (exact) mass is 514 g/mol. The number of halogens is 1. The van der Waals surface area contributed by atoms with E-state index in [0.717, 1.165) is 17.8 Å². The first-order valence-electron chi connectivity index (χ1n) is 12.4. The highest BCUT2D eigenvalue weighted by Gasteiger charge is 2.23. The Bertz CT molecular complexity index is 1010. The Morgan fingerprint density at radius 2 is 1.92 bits per heavy atom. The van der Waals surface area contributed by atoms with Crippen LogP contribution in [0.1, 0.15) is 44.0 Å². The maximum Gasteiger partial charge on any atom is 0.293 e. The zero-order chi connectivity index (χ0) is 27.4. The minimum absolute atomic E-state index is 0.212. The minimum Gasteiger partial charge on any atom is -0.462 e. The first kappa shape index (κ1) is 30.2. The molecule has 1 aliphatic heterocycles. The van der Waals surface area contributed by atoms with Crippen LogP contribution in [0.25, 0.3) is 0 Å². The standard InChI is InChI=1S/C23H29FN4O2.C5H10O2/c1-17-4-5-18(10-22(17)24)14-28(21-7-6-20(11-25)26-12-21)9-8-23-29-15-19(16-30-23)13-27(2)3;1-5(2,3)7-4-6/h4-7,10,12,19,23H,8-9,13-16H2,1-3H3;4H,1-3H3. The van der Waals surface area contributed by atoms with Crippen molar-refractivity contribution in [3.63, 3.8) is 0 Å². The van der Waals surface area contributed by atoms with E-state index < -0.39 is 0 Å². The summed E-state index contributed by atoms with van der Waals surface area (Å²) in [7, 11) is 4.09. The second kappa shape index (κ2) is 14.6. The van der Waals surface area contributed by atoms with Crippen molar-refractivity contribution in [2.45, 2.75) is 52.6 Å². The number of benzene rings is 1. The van der Waals surface area contributed by atoms with Crippen molar-refractivity contribution in [1.82, 2.24) is 9.88 Å². The number of ether oxygens (including phenoxy) is 3. The summed E-state index contributed by atoms with van der Waals surface area (Å²) in [6.07, 6.45) is 2.11. The highest BCUT2D eigenvalue weighted by molar-refractivity contribution is 5.46. The third-order valence-electron chi connectivity index (χ3n) is 5.53. The van der Waals surface area contributed by atoms with E-state index >= 15 is 0 Å². The lowest BCUT2D eigenvalue weighted by molar-refractivity contribution is -0.203. The molecule has 0 saturated carbocycles. The van der Waals surface area contributed by atoms with Crippen LogP contribution in [0.2, 0.25) is 0 Å². The first-order valence-corrected chi connectivity index (χ1v) is 12.4. The number of hydrogen-bond donors (Lipinski definition) is 0. The number of hydrogen-bond acceptors (Lipinski definition) is 8. The van der Waals surface area contributed by atoms with E-state index in [1.807, 2.05) is 53.1 Å². The van der Waals surface area contributed by atoms with E-state index in [1.54, 1.807) is 31.3 Å². The second-order valence-electron chi connectivity index (χ2n) is 10.4. The van der Waals surface area contributed by atoms with Gasteiger partial charge in [-0.05, 0) is 71.1 Å². The van der Waals surface area contributed by atoms with Crippen LogP contribution in [0.15, 0.2) is 36.5 Å². The van der Waals surface area contributed by atoms with Crippen LogP contribution >= 0.6 is 0 Å². The molecule has 0 spiro atoms. The second-order valence-corrected chi connectivity index (χ2v) is 10.4. The number of nitriles is 1. The fourth-order valence-corrected chi connectivity index (χ4v) is 3.67. The molecule has 37 heavy (non-hydrogen) atoms. The lowest BCUT2D eigenvalue weighted by atomic mass is 10.1. The molecule has 1 aromatic carbocycles. The van der Waals surface area contributed by atoms with Crippen LogP contribution in [-0.2, 0) is 25.5 Å². The van der Waals surface area contributed by atoms with E-state index in [0.29, 0.717) is 56.4 Å². The van der Waals surface area contributed by atoms with Crippen molar-refractivity contribution in [2.75, 3.05) is 45.3 Å². The third-order valence-corrected chi connectivity index (χ3v) is 5.53. The molecule has 9 heteroatoms. The Kier molecular flexibility index (Phi) is 11.9. The fourth-order valence-electron chi connectivity index (χ4n) is 3.67. The van der Waals surface area contributed by atoms with Gasteiger partial charge in [0, 0.05) is 32.0 Å². The molecule has 0 N–H and O–H groups in total. The van der Waals surface area contributed by atoms with Gasteiger partial charge in [0.05, 0.1) is 25.1 Å². The molecule has 1 saturated heterocycles. The van der Waals surface area contributed by atoms with Gasteiger partial charge in [-0.15, -0.1) is 0 Å². The lowest BCUT2D eigenvalue weighted by Crippen LogP contribution is -2.39. The summed E-state index contributed by atoms with van der Waals surface area (Å²) in [5, 5.41) is 9.00. The Hall–Kier alpha value is -3.06. The summed E-state index contributed by atoms with van der Waals surface area (Å²) in [5.74, 6) is 0.168. The molecule has 1 aromatic heterocycles. The molecule has 202 valence electrons. The van der Waals surface area contributed by atoms with Crippen molar-refractivity contribution in [2.24, 2.45) is 5.92 Å². The Morgan fingerprint density at radius 1 is 1.22 bits per heavy atom. The molecule has 3 rings (SSSR count). The number of rotatable bonds is 9. The summed E-state index contributed by atoms with van der Waals surface area (Å²) < 4.78 is 30.4. The van der Waals surface area contributed by atoms with E-state index in [2.05, 4.69) is 19.5 Å². The normalized spacial score (nSPS) is 17.4. The third kappa shape index (κ3) is 11.3. The SMILES string of the molecule is CC(C)(C)OC=O.Cc1ccc(CN(CCC2OCC(CN(C)C)CO2)c2ccc(C#N)nc2)cc1F. The molecule has 0 unspecified atom stereocenters. The molecule has 1 aliphatic rings. The van der Waals surface area contributed by atoms with Gasteiger partial charge >= 0.3 is 0 Å². The van der Waals surface area contributed by atoms with Crippen LogP contribution in [0.5, 0.6) is 0 Å². The Morgan fingerprint density at radius 3 is 2.41 bits per heavy atom. The van der Waals surface area contributed by atoms with Gasteiger partial charge in [0.2, 0.25) is 0 Å². The molecule has 0 radical (unpaired) electrons. The Labute approximate surface area is 219 Å². The van der Waals surface area contributed by atoms with E-state index in [9.17, 15) is 9.18 Å². The molecule has 0 aliphatic carbocycles. The average molecular weight is 515 g/mol. The zero-order valence-electron chi connectivity index (χ0n) is 22.7. The van der Waals surface area contributed by atoms with Crippen LogP contribution in [-0.4, -0.2) is 68.6 Å². The van der Waals surface area contributed by atoms with Crippen molar-refractivity contribution in [3.05, 3.63) is 59.2 Å². The quantitative estimate of drug-likeness (QED) is 0.458. The molecular weight excluding hydrogens is 475 g/mol. The molecule has 2 heterocycles. The zero-order valence-corrected chi connectivity index (χ0v) is 22.7. The van der Waals surface area contributed by atoms with Crippen LogP contribution in [0.4, 0.5) is 10.1 Å².